The van der Waals surface area contributed by atoms with Crippen molar-refractivity contribution >= 4 is 0 Å². The first-order chi connectivity index (χ1) is 8.36. The highest BCUT2D eigenvalue weighted by Crippen LogP contribution is 2.39. The van der Waals surface area contributed by atoms with Crippen molar-refractivity contribution in [2.75, 3.05) is 0 Å². The lowest BCUT2D eigenvalue weighted by atomic mass is 9.75. The molecule has 0 radical (unpaired) electrons. The minimum atomic E-state index is 0.376. The predicted molar refractivity (Wildman–Crippen MR) is 66.8 cm³/mol. The Morgan fingerprint density at radius 3 is 2.47 bits per heavy atom. The van der Waals surface area contributed by atoms with Gasteiger partial charge < -0.3 is 0 Å². The molecule has 2 heteroatoms. The fraction of sp³-hybridized carbons (Fsp3) is 0.600. The maximum absolute atomic E-state index is 9.04. The molecule has 2 nitrogen and oxygen atoms in total. The smallest absolute Gasteiger partial charge is 0.129 e. The molecular formula is C15H18N2. The monoisotopic (exact) mass is 226 g/mol. The van der Waals surface area contributed by atoms with Crippen LogP contribution in [0.15, 0.2) is 22.8 Å². The van der Waals surface area contributed by atoms with Crippen LogP contribution < -0.4 is 0 Å². The first-order valence-electron chi connectivity index (χ1n) is 6.59. The van der Waals surface area contributed by atoms with E-state index in [1.807, 2.05) is 0 Å². The summed E-state index contributed by atoms with van der Waals surface area (Å²) in [6, 6.07) is 4.16. The second kappa shape index (κ2) is 5.69. The van der Waals surface area contributed by atoms with Gasteiger partial charge in [-0.05, 0) is 50.5 Å². The van der Waals surface area contributed by atoms with Gasteiger partial charge in [0, 0.05) is 5.92 Å². The van der Waals surface area contributed by atoms with Crippen LogP contribution in [0.1, 0.15) is 51.4 Å². The van der Waals surface area contributed by atoms with E-state index >= 15 is 0 Å². The molecule has 0 saturated heterocycles. The van der Waals surface area contributed by atoms with Gasteiger partial charge >= 0.3 is 0 Å². The molecule has 88 valence electrons. The molecule has 0 amide bonds. The molecule has 1 fully saturated rings. The van der Waals surface area contributed by atoms with Crippen molar-refractivity contribution in [2.45, 2.75) is 51.4 Å². The zero-order chi connectivity index (χ0) is 12.1. The molecule has 2 aliphatic rings. The summed E-state index contributed by atoms with van der Waals surface area (Å²) < 4.78 is 0. The molecule has 1 saturated carbocycles. The summed E-state index contributed by atoms with van der Waals surface area (Å²) in [5.41, 5.74) is 2.99. The Morgan fingerprint density at radius 2 is 1.82 bits per heavy atom. The molecule has 0 aromatic heterocycles. The molecule has 2 rings (SSSR count). The van der Waals surface area contributed by atoms with Gasteiger partial charge in [0.1, 0.15) is 17.7 Å². The van der Waals surface area contributed by atoms with Gasteiger partial charge in [-0.25, -0.2) is 0 Å². The Bertz CT molecular complexity index is 413. The second-order valence-electron chi connectivity index (χ2n) is 4.95. The van der Waals surface area contributed by atoms with E-state index in [9.17, 15) is 0 Å². The Kier molecular flexibility index (Phi) is 3.99. The van der Waals surface area contributed by atoms with E-state index in [1.165, 1.54) is 31.3 Å². The first kappa shape index (κ1) is 11.9. The third-order valence-electron chi connectivity index (χ3n) is 3.93. The Morgan fingerprint density at radius 1 is 1.06 bits per heavy atom. The van der Waals surface area contributed by atoms with Gasteiger partial charge in [-0.15, -0.1) is 0 Å². The van der Waals surface area contributed by atoms with Crippen LogP contribution in [-0.2, 0) is 0 Å². The van der Waals surface area contributed by atoms with Crippen LogP contribution in [0, 0.1) is 28.6 Å². The molecule has 0 aromatic carbocycles. The molecule has 17 heavy (non-hydrogen) atoms. The van der Waals surface area contributed by atoms with E-state index in [1.54, 1.807) is 0 Å². The predicted octanol–water partition coefficient (Wildman–Crippen LogP) is 4.02. The van der Waals surface area contributed by atoms with Crippen molar-refractivity contribution in [3.63, 3.8) is 0 Å². The van der Waals surface area contributed by atoms with Crippen molar-refractivity contribution in [1.82, 2.24) is 0 Å². The minimum absolute atomic E-state index is 0.376. The number of nitrogens with zero attached hydrogens (tertiary/aromatic N) is 2. The zero-order valence-corrected chi connectivity index (χ0v) is 10.2. The number of hydrogen-bond donors (Lipinski definition) is 0. The lowest BCUT2D eigenvalue weighted by Gasteiger charge is -2.29. The molecule has 0 bridgehead atoms. The van der Waals surface area contributed by atoms with Gasteiger partial charge in [-0.2, -0.15) is 10.5 Å². The first-order valence-corrected chi connectivity index (χ1v) is 6.59. The summed E-state index contributed by atoms with van der Waals surface area (Å²) in [6.45, 7) is 0. The van der Waals surface area contributed by atoms with E-state index in [2.05, 4.69) is 18.2 Å². The van der Waals surface area contributed by atoms with Gasteiger partial charge in [0.25, 0.3) is 0 Å². The highest BCUT2D eigenvalue weighted by atomic mass is 14.3. The van der Waals surface area contributed by atoms with E-state index in [4.69, 9.17) is 10.5 Å². The standard InChI is InChI=1S/C15H18N2/c16-10-13(11-17)15-9-5-4-8-14(15)12-6-2-1-3-7-12/h6,14H,1-5,7-9H2/t14-/m1/s1. The summed E-state index contributed by atoms with van der Waals surface area (Å²) in [7, 11) is 0. The van der Waals surface area contributed by atoms with Crippen molar-refractivity contribution in [3.05, 3.63) is 22.8 Å². The number of nitriles is 2. The summed E-state index contributed by atoms with van der Waals surface area (Å²) >= 11 is 0. The molecule has 0 spiro atoms. The van der Waals surface area contributed by atoms with E-state index in [-0.39, 0.29) is 0 Å². The Balaban J connectivity index is 2.30. The summed E-state index contributed by atoms with van der Waals surface area (Å²) in [4.78, 5) is 0. The van der Waals surface area contributed by atoms with Crippen molar-refractivity contribution in [1.29, 1.82) is 10.5 Å². The van der Waals surface area contributed by atoms with Gasteiger partial charge in [0.2, 0.25) is 0 Å². The molecule has 0 aromatic rings. The van der Waals surface area contributed by atoms with E-state index < -0.39 is 0 Å². The van der Waals surface area contributed by atoms with Crippen molar-refractivity contribution < 1.29 is 0 Å². The third-order valence-corrected chi connectivity index (χ3v) is 3.93. The normalized spacial score (nSPS) is 24.5. The van der Waals surface area contributed by atoms with Gasteiger partial charge in [0.15, 0.2) is 0 Å². The second-order valence-corrected chi connectivity index (χ2v) is 4.95. The van der Waals surface area contributed by atoms with Gasteiger partial charge in [-0.3, -0.25) is 0 Å². The van der Waals surface area contributed by atoms with Crippen molar-refractivity contribution in [3.8, 4) is 12.1 Å². The van der Waals surface area contributed by atoms with Crippen LogP contribution in [0.3, 0.4) is 0 Å². The molecule has 2 aliphatic carbocycles. The summed E-state index contributed by atoms with van der Waals surface area (Å²) in [6.07, 6.45) is 11.7. The summed E-state index contributed by atoms with van der Waals surface area (Å²) in [5.74, 6) is 0.401. The SMILES string of the molecule is N#CC(C#N)=C1CCCC[C@@H]1C1=CCCCC1. The average Bonchev–Trinajstić information content (AvgIpc) is 2.42. The van der Waals surface area contributed by atoms with E-state index in [0.717, 1.165) is 31.3 Å². The molecular weight excluding hydrogens is 208 g/mol. The Hall–Kier alpha value is -1.54. The molecule has 0 heterocycles. The van der Waals surface area contributed by atoms with Crippen LogP contribution >= 0.6 is 0 Å². The van der Waals surface area contributed by atoms with Crippen LogP contribution in [-0.4, -0.2) is 0 Å². The average molecular weight is 226 g/mol. The van der Waals surface area contributed by atoms with Crippen LogP contribution in [0.4, 0.5) is 0 Å². The minimum Gasteiger partial charge on any atom is -0.192 e. The van der Waals surface area contributed by atoms with Crippen molar-refractivity contribution in [2.24, 2.45) is 5.92 Å². The van der Waals surface area contributed by atoms with E-state index in [0.29, 0.717) is 11.5 Å². The highest BCUT2D eigenvalue weighted by Gasteiger charge is 2.26. The molecule has 0 aliphatic heterocycles. The van der Waals surface area contributed by atoms with Crippen LogP contribution in [0.5, 0.6) is 0 Å². The lowest BCUT2D eigenvalue weighted by Crippen LogP contribution is -2.15. The topological polar surface area (TPSA) is 47.6 Å². The van der Waals surface area contributed by atoms with Crippen LogP contribution in [0.2, 0.25) is 0 Å². The fourth-order valence-electron chi connectivity index (χ4n) is 3.07. The Labute approximate surface area is 103 Å². The fourth-order valence-corrected chi connectivity index (χ4v) is 3.07. The zero-order valence-electron chi connectivity index (χ0n) is 10.2. The largest absolute Gasteiger partial charge is 0.192 e. The summed E-state index contributed by atoms with van der Waals surface area (Å²) in [5, 5.41) is 18.1. The maximum atomic E-state index is 9.04. The number of rotatable bonds is 1. The third kappa shape index (κ3) is 2.59. The number of hydrogen-bond acceptors (Lipinski definition) is 2. The maximum Gasteiger partial charge on any atom is 0.129 e. The van der Waals surface area contributed by atoms with Crippen LogP contribution in [0.25, 0.3) is 0 Å². The quantitative estimate of drug-likeness (QED) is 0.500. The molecule has 0 N–H and O–H groups in total. The highest BCUT2D eigenvalue weighted by molar-refractivity contribution is 5.44. The molecule has 0 unspecified atom stereocenters. The van der Waals surface area contributed by atoms with Gasteiger partial charge in [-0.1, -0.05) is 18.1 Å². The number of allylic oxidation sites excluding steroid dienone is 4. The molecule has 1 atom stereocenters. The lowest BCUT2D eigenvalue weighted by molar-refractivity contribution is 0.475. The van der Waals surface area contributed by atoms with Gasteiger partial charge in [0.05, 0.1) is 0 Å².